The van der Waals surface area contributed by atoms with Crippen LogP contribution in [0.15, 0.2) is 60.2 Å². The van der Waals surface area contributed by atoms with E-state index in [0.29, 0.717) is 17.5 Å². The number of rotatable bonds is 5. The molecule has 1 saturated heterocycles. The Morgan fingerprint density at radius 1 is 0.829 bits per heavy atom. The van der Waals surface area contributed by atoms with Gasteiger partial charge < -0.3 is 4.57 Å². The van der Waals surface area contributed by atoms with Gasteiger partial charge in [-0.3, -0.25) is 19.8 Å². The summed E-state index contributed by atoms with van der Waals surface area (Å²) < 4.78 is 2.13. The van der Waals surface area contributed by atoms with E-state index in [1.165, 1.54) is 10.5 Å². The molecule has 3 aromatic rings. The average molecular weight is 486 g/mol. The highest BCUT2D eigenvalue weighted by molar-refractivity contribution is 7.80. The van der Waals surface area contributed by atoms with Crippen LogP contribution in [-0.2, 0) is 9.59 Å². The molecule has 0 radical (unpaired) electrons. The number of carbonyl (C=O) groups excluding carboxylic acids is 2. The molecular formula is C29H31N3O2S. The zero-order valence-corrected chi connectivity index (χ0v) is 21.9. The van der Waals surface area contributed by atoms with Gasteiger partial charge in [-0.15, -0.1) is 0 Å². The van der Waals surface area contributed by atoms with Crippen LogP contribution in [0.1, 0.15) is 67.6 Å². The van der Waals surface area contributed by atoms with Crippen LogP contribution in [0, 0.1) is 13.8 Å². The molecule has 5 nitrogen and oxygen atoms in total. The molecule has 35 heavy (non-hydrogen) atoms. The minimum absolute atomic E-state index is 0.0574. The quantitative estimate of drug-likeness (QED) is 0.267. The number of amides is 2. The van der Waals surface area contributed by atoms with Crippen molar-refractivity contribution >= 4 is 40.9 Å². The Bertz CT molecular complexity index is 1330. The van der Waals surface area contributed by atoms with Crippen LogP contribution >= 0.6 is 12.2 Å². The third kappa shape index (κ3) is 4.71. The Morgan fingerprint density at radius 2 is 1.34 bits per heavy atom. The SMILES string of the molecule is Cc1cc(/C=C2\C(=O)NC(=S)N(c3ccc(C(C)C)cc3)C2=O)c(C)n1-c1ccc(C(C)C)cc1. The van der Waals surface area contributed by atoms with E-state index in [4.69, 9.17) is 12.2 Å². The summed E-state index contributed by atoms with van der Waals surface area (Å²) in [5.74, 6) is -0.0778. The van der Waals surface area contributed by atoms with Gasteiger partial charge in [0.25, 0.3) is 11.8 Å². The van der Waals surface area contributed by atoms with Crippen LogP contribution in [0.5, 0.6) is 0 Å². The van der Waals surface area contributed by atoms with E-state index in [-0.39, 0.29) is 10.7 Å². The fraction of sp³-hybridized carbons (Fsp3) is 0.276. The predicted octanol–water partition coefficient (Wildman–Crippen LogP) is 6.17. The van der Waals surface area contributed by atoms with E-state index in [2.05, 4.69) is 61.8 Å². The number of aromatic nitrogens is 1. The van der Waals surface area contributed by atoms with Gasteiger partial charge in [0, 0.05) is 17.1 Å². The molecule has 1 aliphatic rings. The van der Waals surface area contributed by atoms with E-state index >= 15 is 0 Å². The zero-order chi connectivity index (χ0) is 25.4. The Balaban J connectivity index is 1.70. The van der Waals surface area contributed by atoms with Crippen molar-refractivity contribution in [3.8, 4) is 5.69 Å². The van der Waals surface area contributed by atoms with Crippen LogP contribution in [0.4, 0.5) is 5.69 Å². The summed E-state index contributed by atoms with van der Waals surface area (Å²) >= 11 is 5.35. The second-order valence-electron chi connectivity index (χ2n) is 9.61. The van der Waals surface area contributed by atoms with E-state index in [9.17, 15) is 9.59 Å². The molecule has 1 aromatic heterocycles. The highest BCUT2D eigenvalue weighted by Gasteiger charge is 2.34. The third-order valence-electron chi connectivity index (χ3n) is 6.51. The lowest BCUT2D eigenvalue weighted by atomic mass is 10.0. The maximum atomic E-state index is 13.4. The molecule has 0 unspecified atom stereocenters. The second-order valence-corrected chi connectivity index (χ2v) is 10.00. The van der Waals surface area contributed by atoms with Crippen molar-refractivity contribution in [2.45, 2.75) is 53.4 Å². The first-order chi connectivity index (χ1) is 16.6. The van der Waals surface area contributed by atoms with Crippen molar-refractivity contribution in [1.29, 1.82) is 0 Å². The van der Waals surface area contributed by atoms with Gasteiger partial charge in [-0.2, -0.15) is 0 Å². The molecule has 0 saturated carbocycles. The van der Waals surface area contributed by atoms with Crippen molar-refractivity contribution < 1.29 is 9.59 Å². The lowest BCUT2D eigenvalue weighted by molar-refractivity contribution is -0.122. The number of hydrogen-bond acceptors (Lipinski definition) is 3. The van der Waals surface area contributed by atoms with Crippen LogP contribution in [0.2, 0.25) is 0 Å². The number of nitrogens with one attached hydrogen (secondary N) is 1. The van der Waals surface area contributed by atoms with Gasteiger partial charge >= 0.3 is 0 Å². The monoisotopic (exact) mass is 485 g/mol. The summed E-state index contributed by atoms with van der Waals surface area (Å²) in [5.41, 5.74) is 6.96. The van der Waals surface area contributed by atoms with E-state index in [1.807, 2.05) is 44.2 Å². The molecule has 0 spiro atoms. The number of carbonyl (C=O) groups is 2. The summed E-state index contributed by atoms with van der Waals surface area (Å²) in [6.45, 7) is 12.6. The summed E-state index contributed by atoms with van der Waals surface area (Å²) in [5, 5.41) is 2.77. The number of hydrogen-bond donors (Lipinski definition) is 1. The molecule has 0 atom stereocenters. The van der Waals surface area contributed by atoms with Gasteiger partial charge in [0.1, 0.15) is 5.57 Å². The van der Waals surface area contributed by atoms with Gasteiger partial charge in [0.15, 0.2) is 5.11 Å². The van der Waals surface area contributed by atoms with E-state index in [0.717, 1.165) is 28.2 Å². The van der Waals surface area contributed by atoms with Crippen LogP contribution in [-0.4, -0.2) is 21.5 Å². The minimum atomic E-state index is -0.485. The number of anilines is 1. The number of thiocarbonyl (C=S) groups is 1. The molecule has 1 aliphatic heterocycles. The van der Waals surface area contributed by atoms with E-state index in [1.54, 1.807) is 6.08 Å². The molecule has 0 aliphatic carbocycles. The van der Waals surface area contributed by atoms with Gasteiger partial charge in [-0.1, -0.05) is 52.0 Å². The van der Waals surface area contributed by atoms with Crippen molar-refractivity contribution in [2.24, 2.45) is 0 Å². The molecule has 1 N–H and O–H groups in total. The van der Waals surface area contributed by atoms with Crippen LogP contribution < -0.4 is 10.2 Å². The largest absolute Gasteiger partial charge is 0.318 e. The zero-order valence-electron chi connectivity index (χ0n) is 21.0. The van der Waals surface area contributed by atoms with E-state index < -0.39 is 11.8 Å². The lowest BCUT2D eigenvalue weighted by Gasteiger charge is -2.29. The molecule has 2 heterocycles. The molecule has 4 rings (SSSR count). The molecule has 6 heteroatoms. The van der Waals surface area contributed by atoms with Crippen LogP contribution in [0.25, 0.3) is 11.8 Å². The van der Waals surface area contributed by atoms with Gasteiger partial charge in [-0.25, -0.2) is 0 Å². The number of benzene rings is 2. The summed E-state index contributed by atoms with van der Waals surface area (Å²) in [6.07, 6.45) is 1.66. The normalized spacial score (nSPS) is 15.5. The smallest absolute Gasteiger partial charge is 0.270 e. The summed E-state index contributed by atoms with van der Waals surface area (Å²) in [4.78, 5) is 27.6. The second kappa shape index (κ2) is 9.62. The Hall–Kier alpha value is -3.51. The minimum Gasteiger partial charge on any atom is -0.318 e. The topological polar surface area (TPSA) is 54.3 Å². The average Bonchev–Trinajstić information content (AvgIpc) is 3.09. The van der Waals surface area contributed by atoms with Crippen molar-refractivity contribution in [1.82, 2.24) is 9.88 Å². The first kappa shape index (κ1) is 24.6. The maximum absolute atomic E-state index is 13.4. The standard InChI is InChI=1S/C29H31N3O2S/c1-17(2)21-7-11-24(12-8-21)31-19(5)15-23(20(31)6)16-26-27(33)30-29(35)32(28(26)34)25-13-9-22(10-14-25)18(3)4/h7-18H,1-6H3,(H,30,33,35)/b26-16+. The van der Waals surface area contributed by atoms with Gasteiger partial charge in [-0.05, 0) is 91.0 Å². The molecule has 2 amide bonds. The van der Waals surface area contributed by atoms with Crippen molar-refractivity contribution in [3.05, 3.63) is 88.2 Å². The Kier molecular flexibility index (Phi) is 6.77. The van der Waals surface area contributed by atoms with Gasteiger partial charge in [0.2, 0.25) is 0 Å². The predicted molar refractivity (Wildman–Crippen MR) is 146 cm³/mol. The fourth-order valence-corrected chi connectivity index (χ4v) is 4.68. The molecular weight excluding hydrogens is 454 g/mol. The van der Waals surface area contributed by atoms with Crippen molar-refractivity contribution in [3.63, 3.8) is 0 Å². The number of nitrogens with zero attached hydrogens (tertiary/aromatic N) is 2. The maximum Gasteiger partial charge on any atom is 0.270 e. The Morgan fingerprint density at radius 3 is 1.86 bits per heavy atom. The molecule has 180 valence electrons. The third-order valence-corrected chi connectivity index (χ3v) is 6.79. The van der Waals surface area contributed by atoms with Crippen molar-refractivity contribution in [2.75, 3.05) is 4.90 Å². The molecule has 1 fully saturated rings. The summed E-state index contributed by atoms with van der Waals surface area (Å²) in [6, 6.07) is 18.2. The molecule has 2 aromatic carbocycles. The lowest BCUT2D eigenvalue weighted by Crippen LogP contribution is -2.54. The fourth-order valence-electron chi connectivity index (χ4n) is 4.40. The van der Waals surface area contributed by atoms with Gasteiger partial charge in [0.05, 0.1) is 5.69 Å². The number of aryl methyl sites for hydroxylation is 1. The Labute approximate surface area is 212 Å². The summed E-state index contributed by atoms with van der Waals surface area (Å²) in [7, 11) is 0. The highest BCUT2D eigenvalue weighted by atomic mass is 32.1. The molecule has 0 bridgehead atoms. The highest BCUT2D eigenvalue weighted by Crippen LogP contribution is 2.28. The first-order valence-corrected chi connectivity index (χ1v) is 12.3. The van der Waals surface area contributed by atoms with Crippen LogP contribution in [0.3, 0.4) is 0 Å². The first-order valence-electron chi connectivity index (χ1n) is 11.9.